The zero-order valence-corrected chi connectivity index (χ0v) is 15.9. The Labute approximate surface area is 153 Å². The third-order valence-electron chi connectivity index (χ3n) is 3.86. The monoisotopic (exact) mass is 376 g/mol. The van der Waals surface area contributed by atoms with Crippen LogP contribution in [0.5, 0.6) is 0 Å². The molecular formula is C15H17ClN8S. The van der Waals surface area contributed by atoms with E-state index in [1.807, 2.05) is 24.8 Å². The van der Waals surface area contributed by atoms with Gasteiger partial charge in [-0.3, -0.25) is 9.36 Å². The second-order valence-electron chi connectivity index (χ2n) is 6.33. The molecule has 0 atom stereocenters. The molecule has 10 heteroatoms. The van der Waals surface area contributed by atoms with Crippen LogP contribution in [0.2, 0.25) is 5.02 Å². The summed E-state index contributed by atoms with van der Waals surface area (Å²) in [6.07, 6.45) is 2.53. The fourth-order valence-electron chi connectivity index (χ4n) is 2.78. The SMILES string of the molecule is CC(C)Cc1cc(-c2nnc3sc(-c4c(Cl)cnn4C)nn23)n(C)n1. The Morgan fingerprint density at radius 2 is 1.96 bits per heavy atom. The van der Waals surface area contributed by atoms with Gasteiger partial charge in [0.15, 0.2) is 5.01 Å². The van der Waals surface area contributed by atoms with Gasteiger partial charge >= 0.3 is 0 Å². The van der Waals surface area contributed by atoms with Crippen molar-refractivity contribution in [2.45, 2.75) is 20.3 Å². The van der Waals surface area contributed by atoms with Gasteiger partial charge in [-0.15, -0.1) is 10.2 Å². The molecule has 130 valence electrons. The van der Waals surface area contributed by atoms with E-state index in [-0.39, 0.29) is 0 Å². The molecule has 0 aliphatic heterocycles. The Hall–Kier alpha value is -2.26. The van der Waals surface area contributed by atoms with Crippen LogP contribution in [0.15, 0.2) is 12.3 Å². The number of halogens is 1. The minimum atomic E-state index is 0.541. The summed E-state index contributed by atoms with van der Waals surface area (Å²) in [4.78, 5) is 0.703. The lowest BCUT2D eigenvalue weighted by Crippen LogP contribution is -2.00. The van der Waals surface area contributed by atoms with Gasteiger partial charge in [-0.2, -0.15) is 19.8 Å². The molecule has 0 saturated heterocycles. The Kier molecular flexibility index (Phi) is 3.84. The molecule has 8 nitrogen and oxygen atoms in total. The van der Waals surface area contributed by atoms with Crippen LogP contribution in [-0.4, -0.2) is 39.4 Å². The zero-order chi connectivity index (χ0) is 17.7. The van der Waals surface area contributed by atoms with Crippen LogP contribution in [0.3, 0.4) is 0 Å². The third kappa shape index (κ3) is 2.73. The summed E-state index contributed by atoms with van der Waals surface area (Å²) in [5.74, 6) is 1.21. The molecule has 4 aromatic heterocycles. The van der Waals surface area contributed by atoms with Crippen LogP contribution < -0.4 is 0 Å². The average Bonchev–Trinajstić information content (AvgIpc) is 3.24. The van der Waals surface area contributed by atoms with E-state index >= 15 is 0 Å². The lowest BCUT2D eigenvalue weighted by atomic mass is 10.1. The van der Waals surface area contributed by atoms with E-state index < -0.39 is 0 Å². The highest BCUT2D eigenvalue weighted by Crippen LogP contribution is 2.32. The summed E-state index contributed by atoms with van der Waals surface area (Å²) in [6.45, 7) is 4.35. The van der Waals surface area contributed by atoms with Crippen LogP contribution in [-0.2, 0) is 20.5 Å². The maximum atomic E-state index is 6.23. The maximum Gasteiger partial charge on any atom is 0.235 e. The second kappa shape index (κ2) is 5.92. The lowest BCUT2D eigenvalue weighted by Gasteiger charge is -1.98. The Morgan fingerprint density at radius 3 is 2.64 bits per heavy atom. The summed E-state index contributed by atoms with van der Waals surface area (Å²) >= 11 is 7.66. The number of rotatable bonds is 4. The standard InChI is InChI=1S/C15H17ClN8S/c1-8(2)5-9-6-11(22(3)20-9)13-18-19-15-24(13)21-14(25-15)12-10(16)7-17-23(12)4/h6-8H,5H2,1-4H3. The number of nitrogens with zero attached hydrogens (tertiary/aromatic N) is 8. The Balaban J connectivity index is 1.81. The fraction of sp³-hybridized carbons (Fsp3) is 0.400. The van der Waals surface area contributed by atoms with Gasteiger partial charge in [-0.25, -0.2) is 0 Å². The van der Waals surface area contributed by atoms with Gasteiger partial charge in [0.25, 0.3) is 0 Å². The van der Waals surface area contributed by atoms with E-state index in [1.54, 1.807) is 15.4 Å². The molecule has 4 aromatic rings. The summed E-state index contributed by atoms with van der Waals surface area (Å²) in [6, 6.07) is 2.05. The molecule has 0 bridgehead atoms. The minimum absolute atomic E-state index is 0.541. The van der Waals surface area contributed by atoms with E-state index in [0.29, 0.717) is 21.7 Å². The number of aromatic nitrogens is 8. The topological polar surface area (TPSA) is 78.7 Å². The van der Waals surface area contributed by atoms with Crippen molar-refractivity contribution >= 4 is 27.9 Å². The van der Waals surface area contributed by atoms with Crippen molar-refractivity contribution in [1.82, 2.24) is 39.4 Å². The van der Waals surface area contributed by atoms with E-state index in [4.69, 9.17) is 11.6 Å². The van der Waals surface area contributed by atoms with Crippen molar-refractivity contribution in [1.29, 1.82) is 0 Å². The average molecular weight is 377 g/mol. The molecule has 0 spiro atoms. The molecule has 0 radical (unpaired) electrons. The van der Waals surface area contributed by atoms with E-state index in [9.17, 15) is 0 Å². The normalized spacial score (nSPS) is 11.9. The molecule has 0 aromatic carbocycles. The van der Waals surface area contributed by atoms with Gasteiger partial charge in [0.05, 0.1) is 16.9 Å². The van der Waals surface area contributed by atoms with Crippen molar-refractivity contribution < 1.29 is 0 Å². The number of aryl methyl sites for hydroxylation is 2. The Morgan fingerprint density at radius 1 is 1.16 bits per heavy atom. The first-order valence-electron chi connectivity index (χ1n) is 7.87. The summed E-state index contributed by atoms with van der Waals surface area (Å²) in [5.41, 5.74) is 2.69. The predicted molar refractivity (Wildman–Crippen MR) is 96.6 cm³/mol. The van der Waals surface area contributed by atoms with Crippen molar-refractivity contribution in [2.24, 2.45) is 20.0 Å². The van der Waals surface area contributed by atoms with E-state index in [1.165, 1.54) is 11.3 Å². The zero-order valence-electron chi connectivity index (χ0n) is 14.3. The highest BCUT2D eigenvalue weighted by Gasteiger charge is 2.20. The van der Waals surface area contributed by atoms with Crippen LogP contribution in [0.25, 0.3) is 27.2 Å². The molecule has 0 N–H and O–H groups in total. The first kappa shape index (κ1) is 16.2. The first-order valence-corrected chi connectivity index (χ1v) is 9.07. The first-order chi connectivity index (χ1) is 11.9. The third-order valence-corrected chi connectivity index (χ3v) is 5.05. The second-order valence-corrected chi connectivity index (χ2v) is 7.70. The highest BCUT2D eigenvalue weighted by atomic mass is 35.5. The molecule has 0 saturated carbocycles. The van der Waals surface area contributed by atoms with Crippen molar-refractivity contribution in [3.63, 3.8) is 0 Å². The summed E-state index contributed by atoms with van der Waals surface area (Å²) < 4.78 is 5.27. The van der Waals surface area contributed by atoms with Crippen LogP contribution in [0, 0.1) is 5.92 Å². The Bertz CT molecular complexity index is 1030. The predicted octanol–water partition coefficient (Wildman–Crippen LogP) is 2.84. The minimum Gasteiger partial charge on any atom is -0.264 e. The van der Waals surface area contributed by atoms with Crippen LogP contribution >= 0.6 is 22.9 Å². The number of hydrogen-bond acceptors (Lipinski definition) is 6. The fourth-order valence-corrected chi connectivity index (χ4v) is 4.02. The molecule has 0 fully saturated rings. The van der Waals surface area contributed by atoms with Gasteiger partial charge < -0.3 is 0 Å². The molecule has 0 unspecified atom stereocenters. The van der Waals surface area contributed by atoms with Crippen molar-refractivity contribution in [3.05, 3.63) is 23.0 Å². The largest absolute Gasteiger partial charge is 0.264 e. The molecular weight excluding hydrogens is 360 g/mol. The molecule has 25 heavy (non-hydrogen) atoms. The smallest absolute Gasteiger partial charge is 0.235 e. The van der Waals surface area contributed by atoms with Crippen molar-refractivity contribution in [2.75, 3.05) is 0 Å². The van der Waals surface area contributed by atoms with Gasteiger partial charge in [-0.1, -0.05) is 36.8 Å². The van der Waals surface area contributed by atoms with Gasteiger partial charge in [0, 0.05) is 14.1 Å². The van der Waals surface area contributed by atoms with Gasteiger partial charge in [-0.05, 0) is 18.4 Å². The summed E-state index contributed by atoms with van der Waals surface area (Å²) in [7, 11) is 3.75. The molecule has 4 heterocycles. The molecule has 0 aliphatic rings. The molecule has 0 amide bonds. The van der Waals surface area contributed by atoms with E-state index in [0.717, 1.165) is 28.5 Å². The van der Waals surface area contributed by atoms with Crippen molar-refractivity contribution in [3.8, 4) is 22.2 Å². The van der Waals surface area contributed by atoms with Gasteiger partial charge in [0.2, 0.25) is 10.8 Å². The quantitative estimate of drug-likeness (QED) is 0.547. The van der Waals surface area contributed by atoms with E-state index in [2.05, 4.69) is 39.3 Å². The molecule has 0 aliphatic carbocycles. The van der Waals surface area contributed by atoms with Crippen LogP contribution in [0.1, 0.15) is 19.5 Å². The number of hydrogen-bond donors (Lipinski definition) is 0. The van der Waals surface area contributed by atoms with Gasteiger partial charge in [0.1, 0.15) is 11.4 Å². The maximum absolute atomic E-state index is 6.23. The van der Waals surface area contributed by atoms with Crippen LogP contribution in [0.4, 0.5) is 0 Å². The highest BCUT2D eigenvalue weighted by molar-refractivity contribution is 7.19. The molecule has 4 rings (SSSR count). The summed E-state index contributed by atoms with van der Waals surface area (Å²) in [5, 5.41) is 23.2. The lowest BCUT2D eigenvalue weighted by molar-refractivity contribution is 0.621. The number of fused-ring (bicyclic) bond motifs is 1.